The van der Waals surface area contributed by atoms with Crippen LogP contribution in [-0.4, -0.2) is 19.1 Å². The highest BCUT2D eigenvalue weighted by Crippen LogP contribution is 2.32. The number of nitriles is 1. The van der Waals surface area contributed by atoms with Crippen LogP contribution in [-0.2, 0) is 9.53 Å². The van der Waals surface area contributed by atoms with Gasteiger partial charge in [-0.25, -0.2) is 0 Å². The molecule has 0 unspecified atom stereocenters. The first-order valence-electron chi connectivity index (χ1n) is 6.98. The molecule has 1 aromatic rings. The summed E-state index contributed by atoms with van der Waals surface area (Å²) in [4.78, 5) is 12.5. The third kappa shape index (κ3) is 2.83. The summed E-state index contributed by atoms with van der Waals surface area (Å²) in [6, 6.07) is 9.94. The van der Waals surface area contributed by atoms with Crippen molar-refractivity contribution >= 4 is 11.6 Å². The van der Waals surface area contributed by atoms with Crippen molar-refractivity contribution in [2.24, 2.45) is 5.41 Å². The van der Waals surface area contributed by atoms with Crippen LogP contribution in [0.5, 0.6) is 0 Å². The maximum Gasteiger partial charge on any atom is 0.245 e. The quantitative estimate of drug-likeness (QED) is 0.919. The summed E-state index contributed by atoms with van der Waals surface area (Å²) in [7, 11) is 0. The Hall–Kier alpha value is -1.86. The molecule has 0 saturated carbocycles. The molecule has 1 aliphatic rings. The average Bonchev–Trinajstić information content (AvgIpc) is 2.48. The molecular weight excluding hydrogens is 252 g/mol. The summed E-state index contributed by atoms with van der Waals surface area (Å²) >= 11 is 0. The van der Waals surface area contributed by atoms with Gasteiger partial charge in [-0.2, -0.15) is 5.26 Å². The highest BCUT2D eigenvalue weighted by molar-refractivity contribution is 5.97. The number of nitrogens with one attached hydrogen (secondary N) is 1. The van der Waals surface area contributed by atoms with E-state index in [0.717, 1.165) is 11.3 Å². The van der Waals surface area contributed by atoms with Gasteiger partial charge in [-0.3, -0.25) is 4.79 Å². The van der Waals surface area contributed by atoms with Crippen LogP contribution < -0.4 is 5.32 Å². The van der Waals surface area contributed by atoms with Crippen LogP contribution in [0.15, 0.2) is 24.3 Å². The molecule has 0 aliphatic carbocycles. The van der Waals surface area contributed by atoms with Crippen molar-refractivity contribution in [2.75, 3.05) is 18.5 Å². The molecule has 0 spiro atoms. The Morgan fingerprint density at radius 2 is 2.00 bits per heavy atom. The van der Waals surface area contributed by atoms with Gasteiger partial charge in [0.2, 0.25) is 5.91 Å². The van der Waals surface area contributed by atoms with Gasteiger partial charge in [0.25, 0.3) is 0 Å². The van der Waals surface area contributed by atoms with Crippen LogP contribution in [0.3, 0.4) is 0 Å². The number of nitrogens with zero attached hydrogens (tertiary/aromatic N) is 1. The van der Waals surface area contributed by atoms with E-state index in [2.05, 4.69) is 25.2 Å². The van der Waals surface area contributed by atoms with Gasteiger partial charge in [-0.15, -0.1) is 0 Å². The van der Waals surface area contributed by atoms with Gasteiger partial charge < -0.3 is 10.1 Å². The molecule has 1 heterocycles. The minimum Gasteiger partial charge on any atom is -0.381 e. The molecule has 0 radical (unpaired) electrons. The zero-order valence-corrected chi connectivity index (χ0v) is 12.0. The van der Waals surface area contributed by atoms with E-state index in [1.54, 1.807) is 0 Å². The lowest BCUT2D eigenvalue weighted by atomic mass is 9.80. The highest BCUT2D eigenvalue weighted by Gasteiger charge is 2.40. The summed E-state index contributed by atoms with van der Waals surface area (Å²) in [5, 5.41) is 12.3. The first-order valence-corrected chi connectivity index (χ1v) is 6.98. The monoisotopic (exact) mass is 272 g/mol. The number of amides is 1. The number of hydrogen-bond donors (Lipinski definition) is 1. The van der Waals surface area contributed by atoms with Crippen molar-refractivity contribution in [1.82, 2.24) is 0 Å². The number of ether oxygens (including phenoxy) is 1. The smallest absolute Gasteiger partial charge is 0.245 e. The third-order valence-electron chi connectivity index (χ3n) is 3.83. The lowest BCUT2D eigenvalue weighted by molar-refractivity contribution is -0.126. The van der Waals surface area contributed by atoms with Crippen LogP contribution in [0.4, 0.5) is 5.69 Å². The minimum atomic E-state index is -0.956. The first kappa shape index (κ1) is 14.5. The fourth-order valence-electron chi connectivity index (χ4n) is 2.47. The van der Waals surface area contributed by atoms with E-state index in [-0.39, 0.29) is 5.91 Å². The molecule has 4 heteroatoms. The minimum absolute atomic E-state index is 0.212. The van der Waals surface area contributed by atoms with Crippen molar-refractivity contribution in [3.63, 3.8) is 0 Å². The van der Waals surface area contributed by atoms with Gasteiger partial charge >= 0.3 is 0 Å². The van der Waals surface area contributed by atoms with E-state index in [4.69, 9.17) is 4.74 Å². The van der Waals surface area contributed by atoms with Gasteiger partial charge in [0.05, 0.1) is 6.07 Å². The largest absolute Gasteiger partial charge is 0.381 e. The Balaban J connectivity index is 2.21. The van der Waals surface area contributed by atoms with Gasteiger partial charge in [0.1, 0.15) is 5.41 Å². The average molecular weight is 272 g/mol. The van der Waals surface area contributed by atoms with Crippen molar-refractivity contribution in [2.45, 2.75) is 32.6 Å². The first-order chi connectivity index (χ1) is 9.59. The normalized spacial score (nSPS) is 17.5. The van der Waals surface area contributed by atoms with Crippen LogP contribution in [0, 0.1) is 16.7 Å². The second kappa shape index (κ2) is 6.06. The number of carbonyl (C=O) groups excluding carboxylic acids is 1. The Labute approximate surface area is 119 Å². The van der Waals surface area contributed by atoms with Crippen LogP contribution in [0.25, 0.3) is 0 Å². The number of para-hydroxylation sites is 1. The lowest BCUT2D eigenvalue weighted by Gasteiger charge is -2.29. The standard InChI is InChI=1S/C16H20N2O2/c1-12(2)13-5-3-4-6-14(13)18-15(19)16(11-17)7-9-20-10-8-16/h3-6,12H,7-10H2,1-2H3,(H,18,19). The van der Waals surface area contributed by atoms with E-state index < -0.39 is 5.41 Å². The molecule has 106 valence electrons. The van der Waals surface area contributed by atoms with Crippen molar-refractivity contribution in [1.29, 1.82) is 5.26 Å². The highest BCUT2D eigenvalue weighted by atomic mass is 16.5. The summed E-state index contributed by atoms with van der Waals surface area (Å²) in [5.74, 6) is 0.107. The Kier molecular flexibility index (Phi) is 4.41. The molecule has 1 saturated heterocycles. The van der Waals surface area contributed by atoms with Crippen molar-refractivity contribution in [3.8, 4) is 6.07 Å². The van der Waals surface area contributed by atoms with E-state index >= 15 is 0 Å². The molecule has 20 heavy (non-hydrogen) atoms. The lowest BCUT2D eigenvalue weighted by Crippen LogP contribution is -2.40. The summed E-state index contributed by atoms with van der Waals surface area (Å²) < 4.78 is 5.26. The number of benzene rings is 1. The van der Waals surface area contributed by atoms with E-state index in [9.17, 15) is 10.1 Å². The fraction of sp³-hybridized carbons (Fsp3) is 0.500. The molecular formula is C16H20N2O2. The maximum atomic E-state index is 12.5. The fourth-order valence-corrected chi connectivity index (χ4v) is 2.47. The van der Waals surface area contributed by atoms with Gasteiger partial charge in [-0.05, 0) is 30.4 Å². The van der Waals surface area contributed by atoms with Crippen LogP contribution in [0.1, 0.15) is 38.2 Å². The Bertz CT molecular complexity index is 526. The molecule has 1 fully saturated rings. The van der Waals surface area contributed by atoms with Gasteiger partial charge in [-0.1, -0.05) is 32.0 Å². The molecule has 1 N–H and O–H groups in total. The van der Waals surface area contributed by atoms with E-state index in [0.29, 0.717) is 32.0 Å². The molecule has 0 bridgehead atoms. The molecule has 2 rings (SSSR count). The summed E-state index contributed by atoms with van der Waals surface area (Å²) in [6.07, 6.45) is 0.915. The number of rotatable bonds is 3. The number of anilines is 1. The molecule has 1 aliphatic heterocycles. The molecule has 0 aromatic heterocycles. The van der Waals surface area contributed by atoms with Crippen LogP contribution >= 0.6 is 0 Å². The zero-order valence-electron chi connectivity index (χ0n) is 12.0. The summed E-state index contributed by atoms with van der Waals surface area (Å²) in [6.45, 7) is 5.10. The Morgan fingerprint density at radius 3 is 2.60 bits per heavy atom. The van der Waals surface area contributed by atoms with Crippen LogP contribution in [0.2, 0.25) is 0 Å². The number of carbonyl (C=O) groups is 1. The van der Waals surface area contributed by atoms with E-state index in [1.165, 1.54) is 0 Å². The maximum absolute atomic E-state index is 12.5. The Morgan fingerprint density at radius 1 is 1.35 bits per heavy atom. The second-order valence-electron chi connectivity index (χ2n) is 5.50. The molecule has 4 nitrogen and oxygen atoms in total. The van der Waals surface area contributed by atoms with Gasteiger partial charge in [0.15, 0.2) is 0 Å². The molecule has 1 amide bonds. The predicted molar refractivity (Wildman–Crippen MR) is 77.3 cm³/mol. The SMILES string of the molecule is CC(C)c1ccccc1NC(=O)C1(C#N)CCOCC1. The predicted octanol–water partition coefficient (Wildman–Crippen LogP) is 3.07. The van der Waals surface area contributed by atoms with E-state index in [1.807, 2.05) is 24.3 Å². The zero-order chi connectivity index (χ0) is 14.6. The third-order valence-corrected chi connectivity index (χ3v) is 3.83. The number of hydrogen-bond acceptors (Lipinski definition) is 3. The molecule has 1 aromatic carbocycles. The van der Waals surface area contributed by atoms with Crippen molar-refractivity contribution < 1.29 is 9.53 Å². The van der Waals surface area contributed by atoms with Crippen molar-refractivity contribution in [3.05, 3.63) is 29.8 Å². The van der Waals surface area contributed by atoms with Gasteiger partial charge in [0, 0.05) is 18.9 Å². The molecule has 0 atom stereocenters. The summed E-state index contributed by atoms with van der Waals surface area (Å²) in [5.41, 5.74) is 0.928. The topological polar surface area (TPSA) is 62.1 Å². The second-order valence-corrected chi connectivity index (χ2v) is 5.50.